The summed E-state index contributed by atoms with van der Waals surface area (Å²) in [5.74, 6) is 0. The standard InChI is InChI=1S/C23H27N5O2S/c1-17-9-10-19(31-17)15-27(12-11-18-7-5-4-6-8-18)13-14-28-16-24-21-20(28)22(29)26(3)23(30)25(21)2/h4-10,16H,11-15H2,1-3H3. The van der Waals surface area contributed by atoms with Crippen LogP contribution in [0.25, 0.3) is 11.2 Å². The lowest BCUT2D eigenvalue weighted by Crippen LogP contribution is -2.38. The molecule has 0 bridgehead atoms. The minimum atomic E-state index is -0.361. The maximum absolute atomic E-state index is 12.7. The summed E-state index contributed by atoms with van der Waals surface area (Å²) in [6, 6.07) is 14.8. The van der Waals surface area contributed by atoms with E-state index in [0.717, 1.165) is 30.6 Å². The second-order valence-corrected chi connectivity index (χ2v) is 9.21. The Balaban J connectivity index is 1.55. The van der Waals surface area contributed by atoms with Gasteiger partial charge in [0.05, 0.1) is 6.33 Å². The molecule has 0 fully saturated rings. The van der Waals surface area contributed by atoms with E-state index in [9.17, 15) is 9.59 Å². The average Bonchev–Trinajstić information content (AvgIpc) is 3.39. The molecule has 0 spiro atoms. The fraction of sp³-hybridized carbons (Fsp3) is 0.348. The van der Waals surface area contributed by atoms with Crippen LogP contribution in [0, 0.1) is 6.92 Å². The molecule has 1 aromatic carbocycles. The summed E-state index contributed by atoms with van der Waals surface area (Å²) in [7, 11) is 3.15. The van der Waals surface area contributed by atoms with E-state index in [-0.39, 0.29) is 11.2 Å². The first-order valence-corrected chi connectivity index (χ1v) is 11.2. The van der Waals surface area contributed by atoms with Crippen LogP contribution >= 0.6 is 11.3 Å². The van der Waals surface area contributed by atoms with Gasteiger partial charge in [0.25, 0.3) is 5.56 Å². The predicted molar refractivity (Wildman–Crippen MR) is 125 cm³/mol. The molecule has 4 rings (SSSR count). The Hall–Kier alpha value is -2.97. The molecule has 162 valence electrons. The number of nitrogens with zero attached hydrogens (tertiary/aromatic N) is 5. The summed E-state index contributed by atoms with van der Waals surface area (Å²) >= 11 is 1.82. The first-order valence-electron chi connectivity index (χ1n) is 10.4. The smallest absolute Gasteiger partial charge is 0.323 e. The Labute approximate surface area is 184 Å². The summed E-state index contributed by atoms with van der Waals surface area (Å²) < 4.78 is 4.43. The highest BCUT2D eigenvalue weighted by atomic mass is 32.1. The third kappa shape index (κ3) is 4.55. The fourth-order valence-electron chi connectivity index (χ4n) is 3.81. The van der Waals surface area contributed by atoms with Crippen molar-refractivity contribution in [3.63, 3.8) is 0 Å². The van der Waals surface area contributed by atoms with Gasteiger partial charge in [0, 0.05) is 50.0 Å². The van der Waals surface area contributed by atoms with Crippen molar-refractivity contribution < 1.29 is 0 Å². The van der Waals surface area contributed by atoms with Crippen molar-refractivity contribution in [1.29, 1.82) is 0 Å². The van der Waals surface area contributed by atoms with Crippen molar-refractivity contribution in [3.8, 4) is 0 Å². The largest absolute Gasteiger partial charge is 0.332 e. The second-order valence-electron chi connectivity index (χ2n) is 7.84. The molecule has 4 aromatic rings. The third-order valence-corrected chi connectivity index (χ3v) is 6.59. The highest BCUT2D eigenvalue weighted by Crippen LogP contribution is 2.18. The molecule has 0 saturated heterocycles. The van der Waals surface area contributed by atoms with Crippen LogP contribution in [0.15, 0.2) is 58.4 Å². The number of hydrogen-bond acceptors (Lipinski definition) is 5. The molecule has 0 saturated carbocycles. The number of fused-ring (bicyclic) bond motifs is 1. The van der Waals surface area contributed by atoms with E-state index in [4.69, 9.17) is 0 Å². The molecule has 0 N–H and O–H groups in total. The lowest BCUT2D eigenvalue weighted by molar-refractivity contribution is 0.260. The highest BCUT2D eigenvalue weighted by molar-refractivity contribution is 7.11. The molecule has 7 nitrogen and oxygen atoms in total. The van der Waals surface area contributed by atoms with Crippen molar-refractivity contribution in [3.05, 3.63) is 84.9 Å². The summed E-state index contributed by atoms with van der Waals surface area (Å²) in [6.45, 7) is 5.32. The van der Waals surface area contributed by atoms with Gasteiger partial charge in [-0.1, -0.05) is 30.3 Å². The van der Waals surface area contributed by atoms with Crippen LogP contribution in [0.4, 0.5) is 0 Å². The summed E-state index contributed by atoms with van der Waals surface area (Å²) in [4.78, 5) is 34.3. The summed E-state index contributed by atoms with van der Waals surface area (Å²) in [5, 5.41) is 0. The molecule has 0 aliphatic heterocycles. The second kappa shape index (κ2) is 9.03. The molecule has 0 aliphatic rings. The number of hydrogen-bond donors (Lipinski definition) is 0. The summed E-state index contributed by atoms with van der Waals surface area (Å²) in [5.41, 5.74) is 1.55. The number of thiophene rings is 1. The Morgan fingerprint density at radius 3 is 2.48 bits per heavy atom. The lowest BCUT2D eigenvalue weighted by atomic mass is 10.1. The zero-order valence-corrected chi connectivity index (χ0v) is 18.9. The van der Waals surface area contributed by atoms with Gasteiger partial charge in [0.2, 0.25) is 0 Å². The lowest BCUT2D eigenvalue weighted by Gasteiger charge is -2.22. The quantitative estimate of drug-likeness (QED) is 0.425. The predicted octanol–water partition coefficient (Wildman–Crippen LogP) is 2.55. The summed E-state index contributed by atoms with van der Waals surface area (Å²) in [6.07, 6.45) is 2.63. The van der Waals surface area contributed by atoms with Crippen LogP contribution in [0.3, 0.4) is 0 Å². The number of aryl methyl sites for hydroxylation is 2. The van der Waals surface area contributed by atoms with E-state index in [1.165, 1.54) is 26.9 Å². The van der Waals surface area contributed by atoms with Crippen LogP contribution in [-0.2, 0) is 33.6 Å². The molecule has 3 aromatic heterocycles. The van der Waals surface area contributed by atoms with Crippen molar-refractivity contribution in [1.82, 2.24) is 23.6 Å². The fourth-order valence-corrected chi connectivity index (χ4v) is 4.74. The van der Waals surface area contributed by atoms with Crippen LogP contribution in [-0.4, -0.2) is 36.7 Å². The van der Waals surface area contributed by atoms with Gasteiger partial charge in [-0.25, -0.2) is 9.78 Å². The van der Waals surface area contributed by atoms with Gasteiger partial charge >= 0.3 is 5.69 Å². The molecular weight excluding hydrogens is 410 g/mol. The molecule has 0 amide bonds. The average molecular weight is 438 g/mol. The van der Waals surface area contributed by atoms with Gasteiger partial charge in [-0.15, -0.1) is 11.3 Å². The highest BCUT2D eigenvalue weighted by Gasteiger charge is 2.15. The van der Waals surface area contributed by atoms with Gasteiger partial charge in [-0.05, 0) is 31.0 Å². The van der Waals surface area contributed by atoms with E-state index in [0.29, 0.717) is 17.7 Å². The van der Waals surface area contributed by atoms with Gasteiger partial charge in [0.1, 0.15) is 0 Å². The number of imidazole rings is 1. The Morgan fingerprint density at radius 1 is 1.00 bits per heavy atom. The van der Waals surface area contributed by atoms with Crippen LogP contribution in [0.5, 0.6) is 0 Å². The van der Waals surface area contributed by atoms with Crippen LogP contribution in [0.1, 0.15) is 15.3 Å². The van der Waals surface area contributed by atoms with Gasteiger partial charge in [-0.3, -0.25) is 18.8 Å². The minimum absolute atomic E-state index is 0.305. The molecule has 8 heteroatoms. The van der Waals surface area contributed by atoms with E-state index in [1.807, 2.05) is 22.0 Å². The number of benzene rings is 1. The molecule has 0 aliphatic carbocycles. The molecular formula is C23H27N5O2S. The SMILES string of the molecule is Cc1ccc(CN(CCc2ccccc2)CCn2cnc3c2c(=O)n(C)c(=O)n3C)s1. The monoisotopic (exact) mass is 437 g/mol. The van der Waals surface area contributed by atoms with E-state index in [1.54, 1.807) is 13.4 Å². The Morgan fingerprint density at radius 2 is 1.77 bits per heavy atom. The van der Waals surface area contributed by atoms with Crippen molar-refractivity contribution >= 4 is 22.5 Å². The van der Waals surface area contributed by atoms with Crippen molar-refractivity contribution in [2.45, 2.75) is 26.4 Å². The van der Waals surface area contributed by atoms with E-state index in [2.05, 4.69) is 53.2 Å². The minimum Gasteiger partial charge on any atom is -0.323 e. The first-order chi connectivity index (χ1) is 14.9. The van der Waals surface area contributed by atoms with Gasteiger partial charge in [0.15, 0.2) is 11.2 Å². The number of rotatable bonds is 8. The molecule has 0 radical (unpaired) electrons. The normalized spacial score (nSPS) is 11.6. The van der Waals surface area contributed by atoms with Crippen molar-refractivity contribution in [2.75, 3.05) is 13.1 Å². The maximum Gasteiger partial charge on any atom is 0.332 e. The zero-order valence-electron chi connectivity index (χ0n) is 18.1. The molecule has 31 heavy (non-hydrogen) atoms. The van der Waals surface area contributed by atoms with Crippen LogP contribution < -0.4 is 11.2 Å². The van der Waals surface area contributed by atoms with E-state index >= 15 is 0 Å². The van der Waals surface area contributed by atoms with Gasteiger partial charge < -0.3 is 4.57 Å². The number of aromatic nitrogens is 4. The van der Waals surface area contributed by atoms with Crippen molar-refractivity contribution in [2.24, 2.45) is 14.1 Å². The topological polar surface area (TPSA) is 65.1 Å². The van der Waals surface area contributed by atoms with Crippen LogP contribution in [0.2, 0.25) is 0 Å². The third-order valence-electron chi connectivity index (χ3n) is 5.61. The first kappa shape index (κ1) is 21.3. The van der Waals surface area contributed by atoms with E-state index < -0.39 is 0 Å². The molecule has 0 atom stereocenters. The maximum atomic E-state index is 12.7. The Bertz CT molecular complexity index is 1300. The van der Waals surface area contributed by atoms with Gasteiger partial charge in [-0.2, -0.15) is 0 Å². The zero-order chi connectivity index (χ0) is 22.0. The Kier molecular flexibility index (Phi) is 6.20. The molecule has 0 unspecified atom stereocenters. The molecule has 3 heterocycles.